The zero-order chi connectivity index (χ0) is 12.7. The highest BCUT2D eigenvalue weighted by Gasteiger charge is 1.91. The summed E-state index contributed by atoms with van der Waals surface area (Å²) in [4.78, 5) is 0. The first kappa shape index (κ1) is 15.5. The predicted octanol–water partition coefficient (Wildman–Crippen LogP) is 5.42. The van der Waals surface area contributed by atoms with Gasteiger partial charge in [-0.1, -0.05) is 50.0 Å². The summed E-state index contributed by atoms with van der Waals surface area (Å²) in [5.74, 6) is 0. The van der Waals surface area contributed by atoms with Crippen molar-refractivity contribution in [2.75, 3.05) is 13.2 Å². The molecular weight excluding hydrogens is 220 g/mol. The van der Waals surface area contributed by atoms with Gasteiger partial charge in [0.15, 0.2) is 0 Å². The molecule has 0 radical (unpaired) electrons. The van der Waals surface area contributed by atoms with E-state index in [0.29, 0.717) is 0 Å². The molecule has 1 aliphatic rings. The van der Waals surface area contributed by atoms with Gasteiger partial charge in [-0.25, -0.2) is 0 Å². The molecule has 1 aliphatic heterocycles. The van der Waals surface area contributed by atoms with Crippen LogP contribution in [0.4, 0.5) is 0 Å². The van der Waals surface area contributed by atoms with Crippen LogP contribution in [0.5, 0.6) is 0 Å². The van der Waals surface area contributed by atoms with Gasteiger partial charge >= 0.3 is 0 Å². The Hall–Kier alpha value is -0.560. The first-order valence-corrected chi connectivity index (χ1v) is 7.88. The van der Waals surface area contributed by atoms with Crippen LogP contribution in [0, 0.1) is 0 Å². The fourth-order valence-electron chi connectivity index (χ4n) is 2.27. The summed E-state index contributed by atoms with van der Waals surface area (Å²) in [5.41, 5.74) is 0. The molecule has 104 valence electrons. The van der Waals surface area contributed by atoms with E-state index in [2.05, 4.69) is 24.3 Å². The molecule has 1 heterocycles. The maximum absolute atomic E-state index is 5.58. The lowest BCUT2D eigenvalue weighted by atomic mass is 10.1. The van der Waals surface area contributed by atoms with Crippen LogP contribution in [0.3, 0.4) is 0 Å². The van der Waals surface area contributed by atoms with Crippen LogP contribution in [0.2, 0.25) is 0 Å². The van der Waals surface area contributed by atoms with Gasteiger partial charge in [0.2, 0.25) is 0 Å². The third-order valence-electron chi connectivity index (χ3n) is 3.45. The maximum Gasteiger partial charge on any atom is 0.0647 e. The van der Waals surface area contributed by atoms with Gasteiger partial charge in [-0.15, -0.1) is 0 Å². The molecule has 0 aromatic rings. The van der Waals surface area contributed by atoms with Crippen molar-refractivity contribution >= 4 is 0 Å². The SMILES string of the molecule is C1=C\CCCCCCOC/C=C\CCCCCC/1. The molecule has 18 heavy (non-hydrogen) atoms. The van der Waals surface area contributed by atoms with Gasteiger partial charge in [0, 0.05) is 6.61 Å². The summed E-state index contributed by atoms with van der Waals surface area (Å²) < 4.78 is 5.58. The van der Waals surface area contributed by atoms with E-state index in [4.69, 9.17) is 4.74 Å². The van der Waals surface area contributed by atoms with E-state index in [-0.39, 0.29) is 0 Å². The summed E-state index contributed by atoms with van der Waals surface area (Å²) in [6.07, 6.45) is 23.7. The Kier molecular flexibility index (Phi) is 11.1. The smallest absolute Gasteiger partial charge is 0.0647 e. The summed E-state index contributed by atoms with van der Waals surface area (Å²) >= 11 is 0. The van der Waals surface area contributed by atoms with Crippen LogP contribution in [-0.2, 0) is 4.74 Å². The molecule has 0 bridgehead atoms. The molecule has 0 saturated heterocycles. The Balaban J connectivity index is 2.12. The highest BCUT2D eigenvalue weighted by Crippen LogP contribution is 2.08. The number of allylic oxidation sites excluding steroid dienone is 3. The van der Waals surface area contributed by atoms with E-state index >= 15 is 0 Å². The van der Waals surface area contributed by atoms with Crippen LogP contribution in [0.1, 0.15) is 70.6 Å². The van der Waals surface area contributed by atoms with E-state index in [9.17, 15) is 0 Å². The summed E-state index contributed by atoms with van der Waals surface area (Å²) in [6, 6.07) is 0. The van der Waals surface area contributed by atoms with Crippen molar-refractivity contribution in [1.29, 1.82) is 0 Å². The minimum atomic E-state index is 0.808. The number of hydrogen-bond donors (Lipinski definition) is 0. The van der Waals surface area contributed by atoms with E-state index < -0.39 is 0 Å². The average molecular weight is 250 g/mol. The first-order valence-electron chi connectivity index (χ1n) is 7.88. The molecule has 0 amide bonds. The molecule has 0 aromatic carbocycles. The van der Waals surface area contributed by atoms with Gasteiger partial charge in [0.1, 0.15) is 0 Å². The molecule has 1 nitrogen and oxygen atoms in total. The Bertz CT molecular complexity index is 194. The molecular formula is C17H30O. The van der Waals surface area contributed by atoms with Crippen molar-refractivity contribution in [1.82, 2.24) is 0 Å². The molecule has 0 aromatic heterocycles. The lowest BCUT2D eigenvalue weighted by molar-refractivity contribution is 0.157. The van der Waals surface area contributed by atoms with Crippen LogP contribution in [-0.4, -0.2) is 13.2 Å². The first-order chi connectivity index (χ1) is 9.00. The normalized spacial score (nSPS) is 25.8. The lowest BCUT2D eigenvalue weighted by Gasteiger charge is -2.02. The van der Waals surface area contributed by atoms with Crippen LogP contribution in [0.25, 0.3) is 0 Å². The molecule has 0 fully saturated rings. The Morgan fingerprint density at radius 1 is 0.500 bits per heavy atom. The number of hydrogen-bond acceptors (Lipinski definition) is 1. The molecule has 0 saturated carbocycles. The monoisotopic (exact) mass is 250 g/mol. The van der Waals surface area contributed by atoms with Gasteiger partial charge in [0.05, 0.1) is 6.61 Å². The minimum absolute atomic E-state index is 0.808. The molecule has 0 aliphatic carbocycles. The summed E-state index contributed by atoms with van der Waals surface area (Å²) in [7, 11) is 0. The van der Waals surface area contributed by atoms with Gasteiger partial charge in [-0.05, 0) is 44.9 Å². The molecule has 1 rings (SSSR count). The largest absolute Gasteiger partial charge is 0.377 e. The van der Waals surface area contributed by atoms with Crippen LogP contribution < -0.4 is 0 Å². The second-order valence-electron chi connectivity index (χ2n) is 5.21. The van der Waals surface area contributed by atoms with Gasteiger partial charge in [-0.3, -0.25) is 0 Å². The van der Waals surface area contributed by atoms with Crippen molar-refractivity contribution in [3.8, 4) is 0 Å². The van der Waals surface area contributed by atoms with Gasteiger partial charge in [0.25, 0.3) is 0 Å². The lowest BCUT2D eigenvalue weighted by Crippen LogP contribution is -1.94. The highest BCUT2D eigenvalue weighted by molar-refractivity contribution is 4.82. The van der Waals surface area contributed by atoms with Crippen molar-refractivity contribution in [3.05, 3.63) is 24.3 Å². The average Bonchev–Trinajstić information content (AvgIpc) is 2.39. The second kappa shape index (κ2) is 12.9. The van der Waals surface area contributed by atoms with E-state index in [0.717, 1.165) is 13.2 Å². The van der Waals surface area contributed by atoms with Crippen LogP contribution in [0.15, 0.2) is 24.3 Å². The third-order valence-corrected chi connectivity index (χ3v) is 3.45. The molecule has 0 spiro atoms. The standard InChI is InChI=1S/C17H30O/c1-2-4-6-8-10-12-14-16-18-17-15-13-11-9-7-5-3-1/h2,4,13,15H,1,3,5-12,14,16-17H2/b4-2-,15-13-. The zero-order valence-corrected chi connectivity index (χ0v) is 11.9. The topological polar surface area (TPSA) is 9.23 Å². The van der Waals surface area contributed by atoms with Crippen molar-refractivity contribution in [2.24, 2.45) is 0 Å². The Labute approximate surface area is 113 Å². The molecule has 0 atom stereocenters. The molecule has 0 N–H and O–H groups in total. The maximum atomic E-state index is 5.58. The Morgan fingerprint density at radius 2 is 1.00 bits per heavy atom. The fraction of sp³-hybridized carbons (Fsp3) is 0.765. The molecule has 0 unspecified atom stereocenters. The van der Waals surface area contributed by atoms with E-state index in [1.54, 1.807) is 0 Å². The predicted molar refractivity (Wildman–Crippen MR) is 79.9 cm³/mol. The Morgan fingerprint density at radius 3 is 1.61 bits per heavy atom. The van der Waals surface area contributed by atoms with Crippen molar-refractivity contribution in [2.45, 2.75) is 70.6 Å². The van der Waals surface area contributed by atoms with E-state index in [1.165, 1.54) is 70.6 Å². The summed E-state index contributed by atoms with van der Waals surface area (Å²) in [5, 5.41) is 0. The summed E-state index contributed by atoms with van der Waals surface area (Å²) in [6.45, 7) is 1.74. The quantitative estimate of drug-likeness (QED) is 0.522. The zero-order valence-electron chi connectivity index (χ0n) is 11.9. The molecule has 1 heteroatoms. The third kappa shape index (κ3) is 10.6. The van der Waals surface area contributed by atoms with Gasteiger partial charge in [-0.2, -0.15) is 0 Å². The van der Waals surface area contributed by atoms with E-state index in [1.807, 2.05) is 0 Å². The fourth-order valence-corrected chi connectivity index (χ4v) is 2.27. The van der Waals surface area contributed by atoms with Crippen LogP contribution >= 0.6 is 0 Å². The second-order valence-corrected chi connectivity index (χ2v) is 5.21. The number of rotatable bonds is 0. The van der Waals surface area contributed by atoms with Crippen molar-refractivity contribution < 1.29 is 4.74 Å². The number of ether oxygens (including phenoxy) is 1. The minimum Gasteiger partial charge on any atom is -0.377 e. The van der Waals surface area contributed by atoms with Crippen molar-refractivity contribution in [3.63, 3.8) is 0 Å². The highest BCUT2D eigenvalue weighted by atomic mass is 16.5. The van der Waals surface area contributed by atoms with Gasteiger partial charge < -0.3 is 4.74 Å².